The summed E-state index contributed by atoms with van der Waals surface area (Å²) < 4.78 is 5.33. The van der Waals surface area contributed by atoms with Crippen molar-refractivity contribution < 1.29 is 4.74 Å². The zero-order chi connectivity index (χ0) is 12.1. The van der Waals surface area contributed by atoms with E-state index in [4.69, 9.17) is 4.74 Å². The fraction of sp³-hybridized carbons (Fsp3) is 0.571. The molecule has 1 aromatic carbocycles. The highest BCUT2D eigenvalue weighted by Crippen LogP contribution is 2.13. The van der Waals surface area contributed by atoms with Crippen LogP contribution in [-0.4, -0.2) is 44.3 Å². The first kappa shape index (κ1) is 12.4. The predicted octanol–water partition coefficient (Wildman–Crippen LogP) is 2.05. The van der Waals surface area contributed by atoms with Gasteiger partial charge in [0.2, 0.25) is 0 Å². The van der Waals surface area contributed by atoms with Gasteiger partial charge >= 0.3 is 0 Å². The van der Waals surface area contributed by atoms with E-state index in [1.165, 1.54) is 16.8 Å². The summed E-state index contributed by atoms with van der Waals surface area (Å²) in [5.41, 5.74) is 3.87. The molecular formula is C14H22N2O. The second-order valence-corrected chi connectivity index (χ2v) is 4.76. The minimum atomic E-state index is 0.879. The minimum Gasteiger partial charge on any atom is -0.384 e. The maximum atomic E-state index is 5.33. The van der Waals surface area contributed by atoms with Crippen molar-refractivity contribution in [3.8, 4) is 0 Å². The van der Waals surface area contributed by atoms with Crippen molar-refractivity contribution >= 4 is 5.69 Å². The van der Waals surface area contributed by atoms with E-state index in [2.05, 4.69) is 42.3 Å². The number of benzene rings is 1. The molecule has 3 heteroatoms. The Labute approximate surface area is 104 Å². The highest BCUT2D eigenvalue weighted by Gasteiger charge is 2.08. The Morgan fingerprint density at radius 1 is 1.12 bits per heavy atom. The van der Waals surface area contributed by atoms with Gasteiger partial charge in [-0.05, 0) is 37.1 Å². The number of rotatable bonds is 4. The highest BCUT2D eigenvalue weighted by atomic mass is 16.5. The zero-order valence-electron chi connectivity index (χ0n) is 10.8. The molecule has 0 aliphatic carbocycles. The van der Waals surface area contributed by atoms with Crippen LogP contribution in [-0.2, 0) is 4.74 Å². The summed E-state index contributed by atoms with van der Waals surface area (Å²) in [5.74, 6) is 0. The third kappa shape index (κ3) is 4.02. The predicted molar refractivity (Wildman–Crippen MR) is 71.7 cm³/mol. The lowest BCUT2D eigenvalue weighted by molar-refractivity contribution is 0.0398. The molecule has 1 N–H and O–H groups in total. The number of hydrogen-bond acceptors (Lipinski definition) is 3. The second-order valence-electron chi connectivity index (χ2n) is 4.76. The summed E-state index contributed by atoms with van der Waals surface area (Å²) in [4.78, 5) is 2.44. The summed E-state index contributed by atoms with van der Waals surface area (Å²) >= 11 is 0. The van der Waals surface area contributed by atoms with Crippen LogP contribution in [0.15, 0.2) is 18.2 Å². The molecule has 94 valence electrons. The van der Waals surface area contributed by atoms with E-state index in [1.807, 2.05) is 0 Å². The fourth-order valence-electron chi connectivity index (χ4n) is 2.26. The molecule has 0 unspecified atom stereocenters. The van der Waals surface area contributed by atoms with Gasteiger partial charge in [0.05, 0.1) is 13.2 Å². The van der Waals surface area contributed by atoms with Crippen LogP contribution in [0.2, 0.25) is 0 Å². The largest absolute Gasteiger partial charge is 0.384 e. The van der Waals surface area contributed by atoms with E-state index in [9.17, 15) is 0 Å². The van der Waals surface area contributed by atoms with Crippen LogP contribution < -0.4 is 5.32 Å². The van der Waals surface area contributed by atoms with Gasteiger partial charge in [0.25, 0.3) is 0 Å². The molecule has 1 aromatic rings. The Kier molecular flexibility index (Phi) is 4.40. The van der Waals surface area contributed by atoms with E-state index in [-0.39, 0.29) is 0 Å². The van der Waals surface area contributed by atoms with Crippen molar-refractivity contribution in [2.45, 2.75) is 13.8 Å². The van der Waals surface area contributed by atoms with Gasteiger partial charge in [-0.3, -0.25) is 4.90 Å². The molecule has 1 fully saturated rings. The molecule has 0 saturated carbocycles. The Bertz CT molecular complexity index is 339. The van der Waals surface area contributed by atoms with Crippen molar-refractivity contribution in [1.82, 2.24) is 4.90 Å². The highest BCUT2D eigenvalue weighted by molar-refractivity contribution is 5.48. The first-order chi connectivity index (χ1) is 8.24. The second kappa shape index (κ2) is 6.03. The normalized spacial score (nSPS) is 17.1. The Morgan fingerprint density at radius 2 is 1.76 bits per heavy atom. The number of anilines is 1. The molecule has 1 aliphatic rings. The van der Waals surface area contributed by atoms with Crippen LogP contribution in [0.1, 0.15) is 11.1 Å². The summed E-state index contributed by atoms with van der Waals surface area (Å²) in [5, 5.41) is 3.49. The number of nitrogens with zero attached hydrogens (tertiary/aromatic N) is 1. The van der Waals surface area contributed by atoms with Gasteiger partial charge in [0.15, 0.2) is 0 Å². The molecule has 0 aromatic heterocycles. The van der Waals surface area contributed by atoms with Crippen LogP contribution in [0.5, 0.6) is 0 Å². The van der Waals surface area contributed by atoms with Crippen molar-refractivity contribution in [3.63, 3.8) is 0 Å². The molecule has 17 heavy (non-hydrogen) atoms. The van der Waals surface area contributed by atoms with Crippen molar-refractivity contribution in [2.75, 3.05) is 44.7 Å². The Hall–Kier alpha value is -1.06. The van der Waals surface area contributed by atoms with Crippen LogP contribution in [0.25, 0.3) is 0 Å². The standard InChI is InChI=1S/C14H22N2O/c1-12-9-13(2)11-14(10-12)15-3-4-16-5-7-17-8-6-16/h9-11,15H,3-8H2,1-2H3. The van der Waals surface area contributed by atoms with Crippen LogP contribution in [0, 0.1) is 13.8 Å². The molecule has 0 atom stereocenters. The quantitative estimate of drug-likeness (QED) is 0.863. The summed E-state index contributed by atoms with van der Waals surface area (Å²) in [7, 11) is 0. The molecule has 3 nitrogen and oxygen atoms in total. The average molecular weight is 234 g/mol. The van der Waals surface area contributed by atoms with Gasteiger partial charge in [-0.1, -0.05) is 6.07 Å². The van der Waals surface area contributed by atoms with Crippen LogP contribution >= 0.6 is 0 Å². The Balaban J connectivity index is 1.77. The molecule has 0 bridgehead atoms. The summed E-state index contributed by atoms with van der Waals surface area (Å²) in [6.45, 7) is 10.3. The smallest absolute Gasteiger partial charge is 0.0594 e. The van der Waals surface area contributed by atoms with E-state index < -0.39 is 0 Å². The zero-order valence-corrected chi connectivity index (χ0v) is 10.8. The van der Waals surface area contributed by atoms with Gasteiger partial charge in [-0.2, -0.15) is 0 Å². The molecular weight excluding hydrogens is 212 g/mol. The van der Waals surface area contributed by atoms with Crippen LogP contribution in [0.3, 0.4) is 0 Å². The van der Waals surface area contributed by atoms with Crippen molar-refractivity contribution in [2.24, 2.45) is 0 Å². The molecule has 0 radical (unpaired) electrons. The van der Waals surface area contributed by atoms with Crippen molar-refractivity contribution in [3.05, 3.63) is 29.3 Å². The van der Waals surface area contributed by atoms with Gasteiger partial charge in [-0.25, -0.2) is 0 Å². The Morgan fingerprint density at radius 3 is 2.41 bits per heavy atom. The first-order valence-electron chi connectivity index (χ1n) is 6.36. The van der Waals surface area contributed by atoms with Gasteiger partial charge < -0.3 is 10.1 Å². The van der Waals surface area contributed by atoms with Crippen molar-refractivity contribution in [1.29, 1.82) is 0 Å². The number of aryl methyl sites for hydroxylation is 2. The lowest BCUT2D eigenvalue weighted by atomic mass is 10.1. The van der Waals surface area contributed by atoms with E-state index in [0.29, 0.717) is 0 Å². The number of hydrogen-bond donors (Lipinski definition) is 1. The maximum absolute atomic E-state index is 5.33. The molecule has 1 aliphatic heterocycles. The first-order valence-corrected chi connectivity index (χ1v) is 6.36. The average Bonchev–Trinajstić information content (AvgIpc) is 2.29. The minimum absolute atomic E-state index is 0.879. The van der Waals surface area contributed by atoms with E-state index in [1.54, 1.807) is 0 Å². The molecule has 1 heterocycles. The molecule has 1 saturated heterocycles. The third-order valence-corrected chi connectivity index (χ3v) is 3.08. The van der Waals surface area contributed by atoms with Gasteiger partial charge in [-0.15, -0.1) is 0 Å². The maximum Gasteiger partial charge on any atom is 0.0594 e. The lowest BCUT2D eigenvalue weighted by Gasteiger charge is -2.26. The number of ether oxygens (including phenoxy) is 1. The molecule has 2 rings (SSSR count). The van der Waals surface area contributed by atoms with E-state index in [0.717, 1.165) is 39.4 Å². The lowest BCUT2D eigenvalue weighted by Crippen LogP contribution is -2.39. The summed E-state index contributed by atoms with van der Waals surface area (Å²) in [6, 6.07) is 6.60. The SMILES string of the molecule is Cc1cc(C)cc(NCCN2CCOCC2)c1. The van der Waals surface area contributed by atoms with E-state index >= 15 is 0 Å². The number of morpholine rings is 1. The van der Waals surface area contributed by atoms with Crippen LogP contribution in [0.4, 0.5) is 5.69 Å². The third-order valence-electron chi connectivity index (χ3n) is 3.08. The summed E-state index contributed by atoms with van der Waals surface area (Å²) in [6.07, 6.45) is 0. The molecule has 0 spiro atoms. The molecule has 0 amide bonds. The van der Waals surface area contributed by atoms with Gasteiger partial charge in [0.1, 0.15) is 0 Å². The monoisotopic (exact) mass is 234 g/mol. The number of nitrogens with one attached hydrogen (secondary N) is 1. The fourth-order valence-corrected chi connectivity index (χ4v) is 2.26. The topological polar surface area (TPSA) is 24.5 Å². The van der Waals surface area contributed by atoms with Gasteiger partial charge in [0, 0.05) is 31.9 Å².